The molecule has 0 aromatic heterocycles. The molecule has 2 nitrogen and oxygen atoms in total. The highest BCUT2D eigenvalue weighted by molar-refractivity contribution is 6.30. The van der Waals surface area contributed by atoms with Crippen molar-refractivity contribution in [1.82, 2.24) is 0 Å². The number of hydrogen-bond donors (Lipinski definition) is 1. The van der Waals surface area contributed by atoms with Gasteiger partial charge in [-0.15, -0.1) is 0 Å². The number of para-hydroxylation sites is 1. The highest BCUT2D eigenvalue weighted by Gasteiger charge is 1.96. The maximum atomic E-state index is 11.6. The Morgan fingerprint density at radius 1 is 1.00 bits per heavy atom. The summed E-state index contributed by atoms with van der Waals surface area (Å²) in [6.07, 6.45) is 3.24. The molecule has 0 bridgehead atoms. The van der Waals surface area contributed by atoms with Gasteiger partial charge in [-0.2, -0.15) is 0 Å². The average molecular weight is 258 g/mol. The summed E-state index contributed by atoms with van der Waals surface area (Å²) in [5.41, 5.74) is 1.71. The number of amides is 1. The molecular formula is C15H12ClNO. The fourth-order valence-electron chi connectivity index (χ4n) is 1.45. The molecule has 2 aromatic rings. The first-order chi connectivity index (χ1) is 8.74. The van der Waals surface area contributed by atoms with Crippen LogP contribution in [-0.2, 0) is 4.79 Å². The van der Waals surface area contributed by atoms with E-state index in [1.807, 2.05) is 42.5 Å². The molecule has 0 radical (unpaired) electrons. The molecule has 0 atom stereocenters. The van der Waals surface area contributed by atoms with E-state index in [9.17, 15) is 4.79 Å². The van der Waals surface area contributed by atoms with Gasteiger partial charge in [-0.3, -0.25) is 4.79 Å². The third kappa shape index (κ3) is 3.75. The summed E-state index contributed by atoms with van der Waals surface area (Å²) in [5, 5.41) is 3.45. The Labute approximate surface area is 111 Å². The van der Waals surface area contributed by atoms with Gasteiger partial charge in [0, 0.05) is 16.8 Å². The minimum atomic E-state index is -0.156. The summed E-state index contributed by atoms with van der Waals surface area (Å²) in [5.74, 6) is -0.156. The van der Waals surface area contributed by atoms with Crippen LogP contribution >= 0.6 is 11.6 Å². The van der Waals surface area contributed by atoms with Gasteiger partial charge in [0.1, 0.15) is 0 Å². The zero-order valence-electron chi connectivity index (χ0n) is 9.64. The van der Waals surface area contributed by atoms with E-state index in [2.05, 4.69) is 5.32 Å². The quantitative estimate of drug-likeness (QED) is 0.828. The zero-order valence-corrected chi connectivity index (χ0v) is 10.4. The normalized spacial score (nSPS) is 10.5. The number of carbonyl (C=O) groups is 1. The number of hydrogen-bond acceptors (Lipinski definition) is 1. The molecule has 1 amide bonds. The van der Waals surface area contributed by atoms with Crippen LogP contribution in [0, 0.1) is 0 Å². The highest BCUT2D eigenvalue weighted by atomic mass is 35.5. The minimum Gasteiger partial charge on any atom is -0.323 e. The van der Waals surface area contributed by atoms with Gasteiger partial charge < -0.3 is 5.32 Å². The van der Waals surface area contributed by atoms with Crippen LogP contribution in [0.25, 0.3) is 6.08 Å². The van der Waals surface area contributed by atoms with Crippen LogP contribution in [0.1, 0.15) is 5.56 Å². The molecule has 2 rings (SSSR count). The smallest absolute Gasteiger partial charge is 0.248 e. The molecular weight excluding hydrogens is 246 g/mol. The number of rotatable bonds is 3. The van der Waals surface area contributed by atoms with Crippen LogP contribution in [0.2, 0.25) is 5.02 Å². The second kappa shape index (κ2) is 6.03. The predicted octanol–water partition coefficient (Wildman–Crippen LogP) is 3.99. The standard InChI is InChI=1S/C15H12ClNO/c16-13-9-6-12(7-10-13)8-11-15(18)17-14-4-2-1-3-5-14/h1-11H,(H,17,18). The lowest BCUT2D eigenvalue weighted by molar-refractivity contribution is -0.111. The monoisotopic (exact) mass is 257 g/mol. The fraction of sp³-hybridized carbons (Fsp3) is 0. The van der Waals surface area contributed by atoms with Crippen LogP contribution < -0.4 is 5.32 Å². The van der Waals surface area contributed by atoms with E-state index >= 15 is 0 Å². The van der Waals surface area contributed by atoms with E-state index in [1.165, 1.54) is 6.08 Å². The van der Waals surface area contributed by atoms with Crippen molar-refractivity contribution in [3.05, 3.63) is 71.3 Å². The van der Waals surface area contributed by atoms with Crippen molar-refractivity contribution in [3.8, 4) is 0 Å². The van der Waals surface area contributed by atoms with Crippen LogP contribution in [-0.4, -0.2) is 5.91 Å². The molecule has 0 aliphatic carbocycles. The maximum absolute atomic E-state index is 11.6. The van der Waals surface area contributed by atoms with Gasteiger partial charge in [-0.05, 0) is 35.9 Å². The second-order valence-corrected chi connectivity index (χ2v) is 4.18. The van der Waals surface area contributed by atoms with Gasteiger partial charge in [0.05, 0.1) is 0 Å². The summed E-state index contributed by atoms with van der Waals surface area (Å²) in [6.45, 7) is 0. The van der Waals surface area contributed by atoms with Crippen molar-refractivity contribution in [2.24, 2.45) is 0 Å². The van der Waals surface area contributed by atoms with Gasteiger partial charge in [0.25, 0.3) is 0 Å². The Balaban J connectivity index is 1.97. The van der Waals surface area contributed by atoms with Crippen LogP contribution in [0.5, 0.6) is 0 Å². The van der Waals surface area contributed by atoms with E-state index in [1.54, 1.807) is 18.2 Å². The van der Waals surface area contributed by atoms with E-state index in [4.69, 9.17) is 11.6 Å². The summed E-state index contributed by atoms with van der Waals surface area (Å²) in [4.78, 5) is 11.6. The molecule has 18 heavy (non-hydrogen) atoms. The van der Waals surface area contributed by atoms with Crippen molar-refractivity contribution in [1.29, 1.82) is 0 Å². The van der Waals surface area contributed by atoms with Crippen LogP contribution in [0.4, 0.5) is 5.69 Å². The van der Waals surface area contributed by atoms with Crippen molar-refractivity contribution in [2.75, 3.05) is 5.32 Å². The number of nitrogens with one attached hydrogen (secondary N) is 1. The first-order valence-corrected chi connectivity index (χ1v) is 5.91. The number of benzene rings is 2. The molecule has 0 saturated carbocycles. The van der Waals surface area contributed by atoms with Gasteiger partial charge >= 0.3 is 0 Å². The minimum absolute atomic E-state index is 0.156. The summed E-state index contributed by atoms with van der Waals surface area (Å²) in [7, 11) is 0. The SMILES string of the molecule is O=C(C=Cc1ccc(Cl)cc1)Nc1ccccc1. The Bertz CT molecular complexity index is 546. The average Bonchev–Trinajstić information content (AvgIpc) is 2.39. The van der Waals surface area contributed by atoms with Gasteiger partial charge in [0.2, 0.25) is 5.91 Å². The Morgan fingerprint density at radius 3 is 2.33 bits per heavy atom. The third-order valence-corrected chi connectivity index (χ3v) is 2.59. The first kappa shape index (κ1) is 12.4. The molecule has 0 aliphatic heterocycles. The fourth-order valence-corrected chi connectivity index (χ4v) is 1.58. The first-order valence-electron chi connectivity index (χ1n) is 5.54. The molecule has 3 heteroatoms. The Kier molecular flexibility index (Phi) is 4.15. The lowest BCUT2D eigenvalue weighted by Crippen LogP contribution is -2.07. The molecule has 90 valence electrons. The summed E-state index contributed by atoms with van der Waals surface area (Å²) in [6, 6.07) is 16.6. The van der Waals surface area contributed by atoms with E-state index in [0.29, 0.717) is 5.02 Å². The molecule has 0 fully saturated rings. The predicted molar refractivity (Wildman–Crippen MR) is 75.6 cm³/mol. The van der Waals surface area contributed by atoms with Crippen molar-refractivity contribution in [3.63, 3.8) is 0 Å². The van der Waals surface area contributed by atoms with Crippen molar-refractivity contribution < 1.29 is 4.79 Å². The second-order valence-electron chi connectivity index (χ2n) is 3.74. The lowest BCUT2D eigenvalue weighted by atomic mass is 10.2. The highest BCUT2D eigenvalue weighted by Crippen LogP contribution is 2.11. The lowest BCUT2D eigenvalue weighted by Gasteiger charge is -2.00. The third-order valence-electron chi connectivity index (χ3n) is 2.34. The molecule has 0 saturated heterocycles. The topological polar surface area (TPSA) is 29.1 Å². The van der Waals surface area contributed by atoms with E-state index in [0.717, 1.165) is 11.3 Å². The largest absolute Gasteiger partial charge is 0.323 e. The molecule has 0 heterocycles. The molecule has 2 aromatic carbocycles. The van der Waals surface area contributed by atoms with E-state index < -0.39 is 0 Å². The van der Waals surface area contributed by atoms with Crippen molar-refractivity contribution in [2.45, 2.75) is 0 Å². The van der Waals surface area contributed by atoms with Crippen molar-refractivity contribution >= 4 is 29.3 Å². The van der Waals surface area contributed by atoms with Crippen LogP contribution in [0.3, 0.4) is 0 Å². The number of anilines is 1. The van der Waals surface area contributed by atoms with Gasteiger partial charge in [0.15, 0.2) is 0 Å². The Hall–Kier alpha value is -2.06. The van der Waals surface area contributed by atoms with Gasteiger partial charge in [-0.25, -0.2) is 0 Å². The maximum Gasteiger partial charge on any atom is 0.248 e. The van der Waals surface area contributed by atoms with Gasteiger partial charge in [-0.1, -0.05) is 41.9 Å². The Morgan fingerprint density at radius 2 is 1.67 bits per heavy atom. The summed E-state index contributed by atoms with van der Waals surface area (Å²) >= 11 is 5.78. The van der Waals surface area contributed by atoms with E-state index in [-0.39, 0.29) is 5.91 Å². The molecule has 0 spiro atoms. The summed E-state index contributed by atoms with van der Waals surface area (Å²) < 4.78 is 0. The number of halogens is 1. The van der Waals surface area contributed by atoms with Crippen LogP contribution in [0.15, 0.2) is 60.7 Å². The molecule has 0 unspecified atom stereocenters. The molecule has 1 N–H and O–H groups in total. The number of carbonyl (C=O) groups excluding carboxylic acids is 1. The zero-order chi connectivity index (χ0) is 12.8. The molecule has 0 aliphatic rings.